The highest BCUT2D eigenvalue weighted by Gasteiger charge is 2.32. The third-order valence-electron chi connectivity index (χ3n) is 3.39. The molecule has 0 spiro atoms. The molecule has 0 aliphatic heterocycles. The maximum atomic E-state index is 12.7. The molecule has 0 radical (unpaired) electrons. The smallest absolute Gasteiger partial charge is 0.404 e. The lowest BCUT2D eigenvalue weighted by molar-refractivity contribution is -0.274. The molecular weight excluding hydrogens is 437 g/mol. The Morgan fingerprint density at radius 3 is 2.50 bits per heavy atom. The summed E-state index contributed by atoms with van der Waals surface area (Å²) < 4.78 is 65.0. The summed E-state index contributed by atoms with van der Waals surface area (Å²) in [5.74, 6) is -0.610. The van der Waals surface area contributed by atoms with E-state index in [0.717, 1.165) is 45.1 Å². The Labute approximate surface area is 166 Å². The zero-order valence-corrected chi connectivity index (χ0v) is 16.8. The molecule has 13 heteroatoms. The lowest BCUT2D eigenvalue weighted by Crippen LogP contribution is -2.18. The number of sulfonamides is 1. The Morgan fingerprint density at radius 1 is 1.21 bits per heavy atom. The number of aromatic nitrogens is 2. The van der Waals surface area contributed by atoms with Gasteiger partial charge in [0.1, 0.15) is 0 Å². The van der Waals surface area contributed by atoms with Crippen molar-refractivity contribution in [3.05, 3.63) is 34.3 Å². The number of hydrogen-bond acceptors (Lipinski definition) is 8. The molecule has 7 nitrogen and oxygen atoms in total. The van der Waals surface area contributed by atoms with Crippen molar-refractivity contribution >= 4 is 43.5 Å². The summed E-state index contributed by atoms with van der Waals surface area (Å²) in [5.41, 5.74) is 1.16. The maximum Gasteiger partial charge on any atom is 0.573 e. The summed E-state index contributed by atoms with van der Waals surface area (Å²) in [4.78, 5) is 9.12. The zero-order valence-electron chi connectivity index (χ0n) is 14.4. The molecule has 3 aromatic rings. The molecule has 2 heterocycles. The topological polar surface area (TPSA) is 107 Å². The predicted molar refractivity (Wildman–Crippen MR) is 100 cm³/mol. The molecule has 0 atom stereocenters. The van der Waals surface area contributed by atoms with Crippen LogP contribution in [0, 0.1) is 13.8 Å². The number of rotatable bonds is 5. The van der Waals surface area contributed by atoms with Crippen LogP contribution < -0.4 is 15.2 Å². The molecule has 3 rings (SSSR count). The van der Waals surface area contributed by atoms with Crippen molar-refractivity contribution in [1.29, 1.82) is 0 Å². The molecule has 2 aromatic heterocycles. The van der Waals surface area contributed by atoms with Gasteiger partial charge in [-0.25, -0.2) is 23.5 Å². The summed E-state index contributed by atoms with van der Waals surface area (Å²) in [6, 6.07) is 2.76. The van der Waals surface area contributed by atoms with E-state index in [4.69, 9.17) is 5.14 Å². The van der Waals surface area contributed by atoms with Gasteiger partial charge < -0.3 is 10.1 Å². The standard InChI is InChI=1S/C15H13F3N4O3S3/c1-7-13(27-8(2)20-7)11-6-26-14(22-11)21-10-5-9(28(19,23)24)3-4-12(10)25-15(16,17)18/h3-6H,1-2H3,(H,21,22)(H2,19,23,24). The maximum absolute atomic E-state index is 12.7. The van der Waals surface area contributed by atoms with E-state index in [-0.39, 0.29) is 15.7 Å². The second-order valence-corrected chi connectivity index (χ2v) is 9.18. The second kappa shape index (κ2) is 7.31. The van der Waals surface area contributed by atoms with Crippen LogP contribution in [0.5, 0.6) is 5.75 Å². The largest absolute Gasteiger partial charge is 0.573 e. The van der Waals surface area contributed by atoms with Crippen LogP contribution in [-0.2, 0) is 10.0 Å². The second-order valence-electron chi connectivity index (χ2n) is 5.56. The molecule has 0 saturated heterocycles. The number of ether oxygens (including phenoxy) is 1. The van der Waals surface area contributed by atoms with Crippen LogP contribution in [0.15, 0.2) is 28.5 Å². The minimum atomic E-state index is -4.95. The minimum Gasteiger partial charge on any atom is -0.404 e. The van der Waals surface area contributed by atoms with E-state index < -0.39 is 22.1 Å². The Balaban J connectivity index is 1.97. The molecule has 3 N–H and O–H groups in total. The SMILES string of the molecule is Cc1nc(C)c(-c2csc(Nc3cc(S(N)(=O)=O)ccc3OC(F)(F)F)n2)s1. The zero-order chi connectivity index (χ0) is 20.7. The van der Waals surface area contributed by atoms with Gasteiger partial charge >= 0.3 is 6.36 Å². The average Bonchev–Trinajstić information content (AvgIpc) is 3.12. The van der Waals surface area contributed by atoms with Crippen molar-refractivity contribution in [1.82, 2.24) is 9.97 Å². The number of halogens is 3. The number of nitrogens with zero attached hydrogens (tertiary/aromatic N) is 2. The minimum absolute atomic E-state index is 0.234. The van der Waals surface area contributed by atoms with Gasteiger partial charge in [0, 0.05) is 5.38 Å². The number of nitrogens with one attached hydrogen (secondary N) is 1. The van der Waals surface area contributed by atoms with Crippen molar-refractivity contribution in [2.24, 2.45) is 5.14 Å². The molecule has 0 aliphatic rings. The molecule has 0 unspecified atom stereocenters. The van der Waals surface area contributed by atoms with Gasteiger partial charge in [0.15, 0.2) is 10.9 Å². The summed E-state index contributed by atoms with van der Waals surface area (Å²) in [6.07, 6.45) is -4.95. The third-order valence-corrected chi connectivity index (χ3v) is 6.15. The van der Waals surface area contributed by atoms with Crippen LogP contribution in [0.4, 0.5) is 24.0 Å². The van der Waals surface area contributed by atoms with Crippen molar-refractivity contribution in [3.8, 4) is 16.3 Å². The molecule has 0 amide bonds. The Kier molecular flexibility index (Phi) is 5.36. The van der Waals surface area contributed by atoms with E-state index in [0.29, 0.717) is 5.69 Å². The highest BCUT2D eigenvalue weighted by atomic mass is 32.2. The molecule has 0 bridgehead atoms. The fraction of sp³-hybridized carbons (Fsp3) is 0.200. The van der Waals surface area contributed by atoms with Crippen molar-refractivity contribution < 1.29 is 26.3 Å². The molecule has 28 heavy (non-hydrogen) atoms. The van der Waals surface area contributed by atoms with Crippen LogP contribution in [0.1, 0.15) is 10.7 Å². The number of benzene rings is 1. The Morgan fingerprint density at radius 2 is 1.93 bits per heavy atom. The van der Waals surface area contributed by atoms with Gasteiger partial charge in [0.05, 0.1) is 31.9 Å². The van der Waals surface area contributed by atoms with Gasteiger partial charge in [-0.3, -0.25) is 0 Å². The lowest BCUT2D eigenvalue weighted by Gasteiger charge is -2.14. The van der Waals surface area contributed by atoms with Crippen LogP contribution in [0.2, 0.25) is 0 Å². The van der Waals surface area contributed by atoms with E-state index in [1.165, 1.54) is 11.3 Å². The fourth-order valence-corrected chi connectivity index (χ4v) is 4.53. The number of hydrogen-bond donors (Lipinski definition) is 2. The molecule has 0 fully saturated rings. The number of nitrogens with two attached hydrogens (primary N) is 1. The molecular formula is C15H13F3N4O3S3. The van der Waals surface area contributed by atoms with Gasteiger partial charge in [-0.15, -0.1) is 35.8 Å². The number of thiazole rings is 2. The fourth-order valence-electron chi connectivity index (χ4n) is 2.32. The van der Waals surface area contributed by atoms with Crippen molar-refractivity contribution in [2.45, 2.75) is 25.1 Å². The first-order chi connectivity index (χ1) is 12.9. The predicted octanol–water partition coefficient (Wildman–Crippen LogP) is 4.17. The Bertz CT molecular complexity index is 1120. The van der Waals surface area contributed by atoms with E-state index in [9.17, 15) is 21.6 Å². The first kappa shape index (κ1) is 20.5. The number of primary sulfonamides is 1. The van der Waals surface area contributed by atoms with Crippen LogP contribution in [0.25, 0.3) is 10.6 Å². The van der Waals surface area contributed by atoms with Crippen LogP contribution >= 0.6 is 22.7 Å². The Hall–Kier alpha value is -2.22. The monoisotopic (exact) mass is 450 g/mol. The van der Waals surface area contributed by atoms with Crippen molar-refractivity contribution in [2.75, 3.05) is 5.32 Å². The summed E-state index contributed by atoms with van der Waals surface area (Å²) in [6.45, 7) is 3.68. The summed E-state index contributed by atoms with van der Waals surface area (Å²) in [5, 5.41) is 10.6. The molecule has 1 aromatic carbocycles. The van der Waals surface area contributed by atoms with Crippen LogP contribution in [0.3, 0.4) is 0 Å². The molecule has 0 aliphatic carbocycles. The first-order valence-electron chi connectivity index (χ1n) is 7.52. The van der Waals surface area contributed by atoms with E-state index in [2.05, 4.69) is 20.0 Å². The highest BCUT2D eigenvalue weighted by molar-refractivity contribution is 7.89. The van der Waals surface area contributed by atoms with Crippen LogP contribution in [-0.4, -0.2) is 24.7 Å². The number of anilines is 2. The lowest BCUT2D eigenvalue weighted by atomic mass is 10.3. The summed E-state index contributed by atoms with van der Waals surface area (Å²) in [7, 11) is -4.12. The highest BCUT2D eigenvalue weighted by Crippen LogP contribution is 2.37. The van der Waals surface area contributed by atoms with E-state index in [1.54, 1.807) is 5.38 Å². The third kappa shape index (κ3) is 4.79. The number of alkyl halides is 3. The van der Waals surface area contributed by atoms with Gasteiger partial charge in [-0.2, -0.15) is 0 Å². The van der Waals surface area contributed by atoms with Crippen molar-refractivity contribution in [3.63, 3.8) is 0 Å². The summed E-state index contributed by atoms with van der Waals surface area (Å²) >= 11 is 2.58. The van der Waals surface area contributed by atoms with Gasteiger partial charge in [-0.05, 0) is 32.0 Å². The molecule has 0 saturated carbocycles. The van der Waals surface area contributed by atoms with Gasteiger partial charge in [0.25, 0.3) is 0 Å². The number of aryl methyl sites for hydroxylation is 2. The molecule has 150 valence electrons. The normalized spacial score (nSPS) is 12.2. The average molecular weight is 450 g/mol. The first-order valence-corrected chi connectivity index (χ1v) is 10.8. The quantitative estimate of drug-likeness (QED) is 0.604. The van der Waals surface area contributed by atoms with E-state index >= 15 is 0 Å². The van der Waals surface area contributed by atoms with Gasteiger partial charge in [0.2, 0.25) is 10.0 Å². The van der Waals surface area contributed by atoms with E-state index in [1.807, 2.05) is 13.8 Å². The van der Waals surface area contributed by atoms with Gasteiger partial charge in [-0.1, -0.05) is 0 Å².